The minimum absolute atomic E-state index is 0.0782. The number of carbonyl (C=O) groups is 1. The second-order valence-corrected chi connectivity index (χ2v) is 9.00. The largest absolute Gasteiger partial charge is 0.444 e. The molecule has 1 heterocycles. The van der Waals surface area contributed by atoms with Crippen LogP contribution in [0.4, 0.5) is 4.79 Å². The minimum atomic E-state index is -0.476. The van der Waals surface area contributed by atoms with Gasteiger partial charge in [-0.15, -0.1) is 0 Å². The van der Waals surface area contributed by atoms with Crippen molar-refractivity contribution in [3.63, 3.8) is 0 Å². The van der Waals surface area contributed by atoms with Gasteiger partial charge in [-0.25, -0.2) is 4.79 Å². The van der Waals surface area contributed by atoms with E-state index in [2.05, 4.69) is 59.3 Å². The highest BCUT2D eigenvalue weighted by Gasteiger charge is 2.33. The number of halogens is 1. The molecule has 0 aliphatic carbocycles. The van der Waals surface area contributed by atoms with Crippen molar-refractivity contribution in [3.8, 4) is 0 Å². The summed E-state index contributed by atoms with van der Waals surface area (Å²) in [6.45, 7) is 8.70. The Morgan fingerprint density at radius 2 is 1.84 bits per heavy atom. The predicted molar refractivity (Wildman–Crippen MR) is 106 cm³/mol. The number of hydrogen-bond donors (Lipinski definition) is 0. The second kappa shape index (κ2) is 6.99. The molecule has 0 bridgehead atoms. The van der Waals surface area contributed by atoms with Gasteiger partial charge in [-0.2, -0.15) is 0 Å². The maximum Gasteiger partial charge on any atom is 0.410 e. The number of fused-ring (bicyclic) bond motifs is 1. The zero-order valence-corrected chi connectivity index (χ0v) is 17.0. The van der Waals surface area contributed by atoms with Crippen molar-refractivity contribution < 1.29 is 9.53 Å². The first-order chi connectivity index (χ1) is 11.7. The molecule has 0 saturated carbocycles. The third-order valence-corrected chi connectivity index (χ3v) is 5.15. The first kappa shape index (κ1) is 18.2. The predicted octanol–water partition coefficient (Wildman–Crippen LogP) is 6.31. The Balaban J connectivity index is 1.93. The Hall–Kier alpha value is -1.55. The summed E-state index contributed by atoms with van der Waals surface area (Å²) in [6.07, 6.45) is 1.89. The molecule has 3 nitrogen and oxygen atoms in total. The molecule has 0 N–H and O–H groups in total. The van der Waals surface area contributed by atoms with E-state index in [1.807, 2.05) is 25.7 Å². The normalized spacial score (nSPS) is 21.4. The molecule has 0 radical (unpaired) electrons. The summed E-state index contributed by atoms with van der Waals surface area (Å²) < 4.78 is 6.73. The van der Waals surface area contributed by atoms with Gasteiger partial charge in [0.15, 0.2) is 0 Å². The Kier molecular flexibility index (Phi) is 5.10. The Bertz CT molecular complexity index is 781. The average molecular weight is 404 g/mol. The molecule has 2 aromatic rings. The van der Waals surface area contributed by atoms with Crippen LogP contribution in [0.2, 0.25) is 0 Å². The van der Waals surface area contributed by atoms with Gasteiger partial charge in [0.1, 0.15) is 5.60 Å². The number of rotatable bonds is 1. The van der Waals surface area contributed by atoms with E-state index in [-0.39, 0.29) is 12.1 Å². The maximum atomic E-state index is 12.8. The van der Waals surface area contributed by atoms with Crippen LogP contribution in [0, 0.1) is 5.92 Å². The van der Waals surface area contributed by atoms with Crippen molar-refractivity contribution in [1.29, 1.82) is 0 Å². The number of likely N-dealkylation sites (tertiary alicyclic amines) is 1. The highest BCUT2D eigenvalue weighted by molar-refractivity contribution is 9.10. The topological polar surface area (TPSA) is 29.5 Å². The third-order valence-electron chi connectivity index (χ3n) is 4.66. The molecule has 1 saturated heterocycles. The lowest BCUT2D eigenvalue weighted by Crippen LogP contribution is -2.44. The van der Waals surface area contributed by atoms with Gasteiger partial charge in [0.2, 0.25) is 0 Å². The second-order valence-electron chi connectivity index (χ2n) is 8.08. The van der Waals surface area contributed by atoms with E-state index in [1.54, 1.807) is 0 Å². The van der Waals surface area contributed by atoms with Gasteiger partial charge < -0.3 is 9.64 Å². The lowest BCUT2D eigenvalue weighted by atomic mass is 9.89. The highest BCUT2D eigenvalue weighted by Crippen LogP contribution is 2.36. The van der Waals surface area contributed by atoms with Crippen LogP contribution < -0.4 is 0 Å². The summed E-state index contributed by atoms with van der Waals surface area (Å²) in [5.74, 6) is 0.498. The number of piperidine rings is 1. The molecule has 2 atom stereocenters. The van der Waals surface area contributed by atoms with E-state index in [4.69, 9.17) is 4.74 Å². The molecule has 25 heavy (non-hydrogen) atoms. The fourth-order valence-electron chi connectivity index (χ4n) is 3.46. The first-order valence-electron chi connectivity index (χ1n) is 8.92. The van der Waals surface area contributed by atoms with Gasteiger partial charge in [0, 0.05) is 11.0 Å². The number of ether oxygens (including phenoxy) is 1. The van der Waals surface area contributed by atoms with E-state index >= 15 is 0 Å². The summed E-state index contributed by atoms with van der Waals surface area (Å²) in [7, 11) is 0. The van der Waals surface area contributed by atoms with E-state index in [0.29, 0.717) is 5.92 Å². The Labute approximate surface area is 158 Å². The van der Waals surface area contributed by atoms with Gasteiger partial charge in [-0.05, 0) is 74.1 Å². The summed E-state index contributed by atoms with van der Waals surface area (Å²) in [4.78, 5) is 14.7. The molecule has 0 spiro atoms. The van der Waals surface area contributed by atoms with Gasteiger partial charge in [0.05, 0.1) is 6.04 Å². The zero-order chi connectivity index (χ0) is 18.2. The molecule has 134 valence electrons. The van der Waals surface area contributed by atoms with Gasteiger partial charge in [-0.1, -0.05) is 41.1 Å². The van der Waals surface area contributed by atoms with Crippen molar-refractivity contribution in [1.82, 2.24) is 4.90 Å². The van der Waals surface area contributed by atoms with Crippen molar-refractivity contribution in [3.05, 3.63) is 46.4 Å². The van der Waals surface area contributed by atoms with E-state index in [9.17, 15) is 4.79 Å². The molecule has 2 aromatic carbocycles. The van der Waals surface area contributed by atoms with Crippen LogP contribution in [0.15, 0.2) is 40.9 Å². The molecule has 1 fully saturated rings. The molecule has 0 unspecified atom stereocenters. The van der Waals surface area contributed by atoms with E-state index in [1.165, 1.54) is 16.3 Å². The van der Waals surface area contributed by atoms with E-state index in [0.717, 1.165) is 23.9 Å². The fourth-order valence-corrected chi connectivity index (χ4v) is 3.84. The summed E-state index contributed by atoms with van der Waals surface area (Å²) in [6, 6.07) is 12.9. The van der Waals surface area contributed by atoms with Crippen LogP contribution in [0.5, 0.6) is 0 Å². The number of benzene rings is 2. The van der Waals surface area contributed by atoms with Crippen LogP contribution in [0.3, 0.4) is 0 Å². The molecule has 4 heteroatoms. The Morgan fingerprint density at radius 1 is 1.12 bits per heavy atom. The number of nitrogens with zero attached hydrogens (tertiary/aromatic N) is 1. The Morgan fingerprint density at radius 3 is 2.56 bits per heavy atom. The van der Waals surface area contributed by atoms with E-state index < -0.39 is 5.60 Å². The standard InChI is InChI=1S/C21H26BrNO2/c1-14-5-10-19(23(13-14)20(24)25-21(2,3)4)16-7-6-15-8-9-18(22)12-17(15)11-16/h6-9,11-12,14,19H,5,10,13H2,1-4H3/t14-,19+/m0/s1. The maximum absolute atomic E-state index is 12.8. The molecular weight excluding hydrogens is 378 g/mol. The van der Waals surface area contributed by atoms with Crippen molar-refractivity contribution in [2.75, 3.05) is 6.54 Å². The van der Waals surface area contributed by atoms with Gasteiger partial charge >= 0.3 is 6.09 Å². The summed E-state index contributed by atoms with van der Waals surface area (Å²) >= 11 is 3.54. The van der Waals surface area contributed by atoms with Crippen molar-refractivity contribution in [2.45, 2.75) is 52.2 Å². The molecule has 1 aliphatic heterocycles. The molecular formula is C21H26BrNO2. The quantitative estimate of drug-likeness (QED) is 0.557. The SMILES string of the molecule is C[C@H]1CC[C@H](c2ccc3ccc(Br)cc3c2)N(C(=O)OC(C)(C)C)C1. The fraction of sp³-hybridized carbons (Fsp3) is 0.476. The lowest BCUT2D eigenvalue weighted by Gasteiger charge is -2.39. The molecule has 1 amide bonds. The third kappa shape index (κ3) is 4.35. The van der Waals surface area contributed by atoms with Crippen LogP contribution in [-0.4, -0.2) is 23.1 Å². The van der Waals surface area contributed by atoms with Crippen LogP contribution >= 0.6 is 15.9 Å². The monoisotopic (exact) mass is 403 g/mol. The number of carbonyl (C=O) groups excluding carboxylic acids is 1. The van der Waals surface area contributed by atoms with Crippen LogP contribution in [-0.2, 0) is 4.74 Å². The molecule has 3 rings (SSSR count). The number of hydrogen-bond acceptors (Lipinski definition) is 2. The number of amides is 1. The van der Waals surface area contributed by atoms with Crippen molar-refractivity contribution >= 4 is 32.8 Å². The average Bonchev–Trinajstić information content (AvgIpc) is 2.52. The molecule has 1 aliphatic rings. The minimum Gasteiger partial charge on any atom is -0.444 e. The van der Waals surface area contributed by atoms with Crippen LogP contribution in [0.25, 0.3) is 10.8 Å². The molecule has 0 aromatic heterocycles. The lowest BCUT2D eigenvalue weighted by molar-refractivity contribution is 0.00365. The summed E-state index contributed by atoms with van der Waals surface area (Å²) in [5, 5.41) is 2.40. The zero-order valence-electron chi connectivity index (χ0n) is 15.4. The summed E-state index contributed by atoms with van der Waals surface area (Å²) in [5.41, 5.74) is 0.708. The van der Waals surface area contributed by atoms with Crippen LogP contribution in [0.1, 0.15) is 52.1 Å². The van der Waals surface area contributed by atoms with Gasteiger partial charge in [0.25, 0.3) is 0 Å². The highest BCUT2D eigenvalue weighted by atomic mass is 79.9. The van der Waals surface area contributed by atoms with Crippen molar-refractivity contribution in [2.24, 2.45) is 5.92 Å². The first-order valence-corrected chi connectivity index (χ1v) is 9.71. The smallest absolute Gasteiger partial charge is 0.410 e. The van der Waals surface area contributed by atoms with Gasteiger partial charge in [-0.3, -0.25) is 0 Å².